The SMILES string of the molecule is C=CCOc1ccc(CNc2ccc(O)c(F)c2)cc1. The van der Waals surface area contributed by atoms with Gasteiger partial charge in [-0.15, -0.1) is 0 Å². The summed E-state index contributed by atoms with van der Waals surface area (Å²) in [5.41, 5.74) is 1.66. The Labute approximate surface area is 117 Å². The third-order valence-corrected chi connectivity index (χ3v) is 2.74. The summed E-state index contributed by atoms with van der Waals surface area (Å²) in [6, 6.07) is 11.8. The van der Waals surface area contributed by atoms with Gasteiger partial charge in [0.15, 0.2) is 11.6 Å². The zero-order chi connectivity index (χ0) is 14.4. The highest BCUT2D eigenvalue weighted by atomic mass is 19.1. The van der Waals surface area contributed by atoms with Crippen LogP contribution in [0.1, 0.15) is 5.56 Å². The van der Waals surface area contributed by atoms with Crippen LogP contribution in [0.25, 0.3) is 0 Å². The van der Waals surface area contributed by atoms with E-state index in [-0.39, 0.29) is 5.75 Å². The molecule has 0 aliphatic rings. The van der Waals surface area contributed by atoms with Crippen LogP contribution in [0.15, 0.2) is 55.1 Å². The number of ether oxygens (including phenoxy) is 1. The molecule has 20 heavy (non-hydrogen) atoms. The number of phenolic OH excluding ortho intramolecular Hbond substituents is 1. The summed E-state index contributed by atoms with van der Waals surface area (Å²) in [4.78, 5) is 0. The predicted molar refractivity (Wildman–Crippen MR) is 77.5 cm³/mol. The minimum Gasteiger partial charge on any atom is -0.505 e. The van der Waals surface area contributed by atoms with Crippen molar-refractivity contribution in [2.75, 3.05) is 11.9 Å². The second-order valence-corrected chi connectivity index (χ2v) is 4.26. The van der Waals surface area contributed by atoms with Crippen LogP contribution in [-0.2, 0) is 6.54 Å². The van der Waals surface area contributed by atoms with Crippen molar-refractivity contribution in [3.05, 3.63) is 66.5 Å². The van der Waals surface area contributed by atoms with Crippen molar-refractivity contribution in [3.63, 3.8) is 0 Å². The molecule has 0 aliphatic heterocycles. The van der Waals surface area contributed by atoms with Gasteiger partial charge in [0, 0.05) is 18.3 Å². The van der Waals surface area contributed by atoms with Gasteiger partial charge in [0.2, 0.25) is 0 Å². The summed E-state index contributed by atoms with van der Waals surface area (Å²) in [6.45, 7) is 4.62. The van der Waals surface area contributed by atoms with E-state index in [4.69, 9.17) is 9.84 Å². The van der Waals surface area contributed by atoms with Crippen molar-refractivity contribution >= 4 is 5.69 Å². The third-order valence-electron chi connectivity index (χ3n) is 2.74. The summed E-state index contributed by atoms with van der Waals surface area (Å²) in [5, 5.41) is 12.2. The summed E-state index contributed by atoms with van der Waals surface area (Å²) < 4.78 is 18.5. The van der Waals surface area contributed by atoms with E-state index in [1.165, 1.54) is 12.1 Å². The van der Waals surface area contributed by atoms with Gasteiger partial charge in [0.1, 0.15) is 12.4 Å². The van der Waals surface area contributed by atoms with Crippen molar-refractivity contribution in [2.24, 2.45) is 0 Å². The van der Waals surface area contributed by atoms with Gasteiger partial charge < -0.3 is 15.2 Å². The van der Waals surface area contributed by atoms with Gasteiger partial charge in [-0.25, -0.2) is 4.39 Å². The van der Waals surface area contributed by atoms with Gasteiger partial charge in [-0.2, -0.15) is 0 Å². The van der Waals surface area contributed by atoms with Gasteiger partial charge in [-0.05, 0) is 29.8 Å². The number of anilines is 1. The Morgan fingerprint density at radius 3 is 2.60 bits per heavy atom. The highest BCUT2D eigenvalue weighted by Crippen LogP contribution is 2.20. The minimum atomic E-state index is -0.636. The maximum absolute atomic E-state index is 13.2. The summed E-state index contributed by atoms with van der Waals surface area (Å²) in [5.74, 6) is -0.202. The maximum atomic E-state index is 13.2. The Morgan fingerprint density at radius 2 is 1.95 bits per heavy atom. The molecular weight excluding hydrogens is 257 g/mol. The second kappa shape index (κ2) is 6.61. The van der Waals surface area contributed by atoms with Crippen LogP contribution in [0.4, 0.5) is 10.1 Å². The molecule has 0 fully saturated rings. The molecule has 104 valence electrons. The Morgan fingerprint density at radius 1 is 1.20 bits per heavy atom. The van der Waals surface area contributed by atoms with Crippen molar-refractivity contribution in [3.8, 4) is 11.5 Å². The molecule has 2 aromatic carbocycles. The lowest BCUT2D eigenvalue weighted by atomic mass is 10.2. The van der Waals surface area contributed by atoms with E-state index < -0.39 is 5.82 Å². The van der Waals surface area contributed by atoms with Crippen LogP contribution >= 0.6 is 0 Å². The van der Waals surface area contributed by atoms with E-state index in [1.54, 1.807) is 12.1 Å². The molecule has 0 radical (unpaired) electrons. The van der Waals surface area contributed by atoms with Crippen LogP contribution < -0.4 is 10.1 Å². The smallest absolute Gasteiger partial charge is 0.166 e. The Bertz CT molecular complexity index is 582. The lowest BCUT2D eigenvalue weighted by Crippen LogP contribution is -2.00. The molecule has 3 nitrogen and oxygen atoms in total. The first kappa shape index (κ1) is 13.9. The molecule has 2 aromatic rings. The molecular formula is C16H16FNO2. The summed E-state index contributed by atoms with van der Waals surface area (Å²) >= 11 is 0. The highest BCUT2D eigenvalue weighted by molar-refractivity contribution is 5.47. The van der Waals surface area contributed by atoms with Gasteiger partial charge in [0.05, 0.1) is 0 Å². The normalized spacial score (nSPS) is 10.1. The number of phenols is 1. The lowest BCUT2D eigenvalue weighted by Gasteiger charge is -2.08. The van der Waals surface area contributed by atoms with Gasteiger partial charge in [-0.3, -0.25) is 0 Å². The molecule has 0 amide bonds. The maximum Gasteiger partial charge on any atom is 0.166 e. The first-order valence-corrected chi connectivity index (χ1v) is 6.24. The largest absolute Gasteiger partial charge is 0.505 e. The molecule has 4 heteroatoms. The standard InChI is InChI=1S/C16H16FNO2/c1-2-9-20-14-6-3-12(4-7-14)11-18-13-5-8-16(19)15(17)10-13/h2-8,10,18-19H,1,9,11H2. The Hall–Kier alpha value is -2.49. The van der Waals surface area contributed by atoms with Crippen molar-refractivity contribution in [1.29, 1.82) is 0 Å². The first-order valence-electron chi connectivity index (χ1n) is 6.24. The number of nitrogens with one attached hydrogen (secondary N) is 1. The van der Waals surface area contributed by atoms with Gasteiger partial charge in [0.25, 0.3) is 0 Å². The number of aromatic hydroxyl groups is 1. The number of hydrogen-bond acceptors (Lipinski definition) is 3. The number of halogens is 1. The minimum absolute atomic E-state index is 0.348. The van der Waals surface area contributed by atoms with Gasteiger partial charge >= 0.3 is 0 Å². The number of hydrogen-bond donors (Lipinski definition) is 2. The van der Waals surface area contributed by atoms with Crippen molar-refractivity contribution in [1.82, 2.24) is 0 Å². The molecule has 0 aliphatic carbocycles. The molecule has 2 rings (SSSR count). The lowest BCUT2D eigenvalue weighted by molar-refractivity contribution is 0.363. The molecule has 0 saturated heterocycles. The van der Waals surface area contributed by atoms with Crippen molar-refractivity contribution < 1.29 is 14.2 Å². The zero-order valence-corrected chi connectivity index (χ0v) is 11.0. The molecule has 0 atom stereocenters. The average molecular weight is 273 g/mol. The molecule has 0 spiro atoms. The number of benzene rings is 2. The average Bonchev–Trinajstić information content (AvgIpc) is 2.47. The molecule has 0 heterocycles. The van der Waals surface area contributed by atoms with E-state index in [9.17, 15) is 4.39 Å². The fourth-order valence-corrected chi connectivity index (χ4v) is 1.68. The fraction of sp³-hybridized carbons (Fsp3) is 0.125. The van der Waals surface area contributed by atoms with Gasteiger partial charge in [-0.1, -0.05) is 24.8 Å². The fourth-order valence-electron chi connectivity index (χ4n) is 1.68. The molecule has 0 unspecified atom stereocenters. The third kappa shape index (κ3) is 3.75. The first-order chi connectivity index (χ1) is 9.69. The second-order valence-electron chi connectivity index (χ2n) is 4.26. The summed E-state index contributed by atoms with van der Waals surface area (Å²) in [7, 11) is 0. The topological polar surface area (TPSA) is 41.5 Å². The zero-order valence-electron chi connectivity index (χ0n) is 11.0. The Balaban J connectivity index is 1.93. The van der Waals surface area contributed by atoms with E-state index in [0.717, 1.165) is 11.3 Å². The Kier molecular flexibility index (Phi) is 4.60. The number of rotatable bonds is 6. The van der Waals surface area contributed by atoms with E-state index in [0.29, 0.717) is 18.8 Å². The van der Waals surface area contributed by atoms with Crippen LogP contribution in [-0.4, -0.2) is 11.7 Å². The van der Waals surface area contributed by atoms with Crippen molar-refractivity contribution in [2.45, 2.75) is 6.54 Å². The quantitative estimate of drug-likeness (QED) is 0.622. The van der Waals surface area contributed by atoms with E-state index in [2.05, 4.69) is 11.9 Å². The highest BCUT2D eigenvalue weighted by Gasteiger charge is 2.01. The monoisotopic (exact) mass is 273 g/mol. The van der Waals surface area contributed by atoms with E-state index in [1.807, 2.05) is 24.3 Å². The molecule has 0 bridgehead atoms. The van der Waals surface area contributed by atoms with Crippen LogP contribution in [0.5, 0.6) is 11.5 Å². The summed E-state index contributed by atoms with van der Waals surface area (Å²) in [6.07, 6.45) is 1.69. The van der Waals surface area contributed by atoms with E-state index >= 15 is 0 Å². The van der Waals surface area contributed by atoms with Crippen LogP contribution in [0.3, 0.4) is 0 Å². The molecule has 0 aromatic heterocycles. The van der Waals surface area contributed by atoms with Crippen LogP contribution in [0.2, 0.25) is 0 Å². The molecule has 0 saturated carbocycles. The predicted octanol–water partition coefficient (Wildman–Crippen LogP) is 3.71. The molecule has 2 N–H and O–H groups in total. The van der Waals surface area contributed by atoms with Crippen LogP contribution in [0, 0.1) is 5.82 Å².